The predicted octanol–water partition coefficient (Wildman–Crippen LogP) is 3.53. The first-order valence-electron chi connectivity index (χ1n) is 6.44. The van der Waals surface area contributed by atoms with Gasteiger partial charge in [0.25, 0.3) is 5.91 Å². The number of amides is 1. The van der Waals surface area contributed by atoms with Gasteiger partial charge in [-0.3, -0.25) is 4.79 Å². The molecule has 0 unspecified atom stereocenters. The third-order valence-corrected chi connectivity index (χ3v) is 3.95. The van der Waals surface area contributed by atoms with Gasteiger partial charge in [0.2, 0.25) is 0 Å². The predicted molar refractivity (Wildman–Crippen MR) is 81.4 cm³/mol. The minimum Gasteiger partial charge on any atom is -0.399 e. The number of hydrogen-bond donors (Lipinski definition) is 2. The van der Waals surface area contributed by atoms with Crippen molar-refractivity contribution in [3.8, 4) is 10.4 Å². The van der Waals surface area contributed by atoms with Crippen LogP contribution in [0.25, 0.3) is 10.4 Å². The normalized spacial score (nSPS) is 10.4. The molecule has 0 atom stereocenters. The Morgan fingerprint density at radius 3 is 2.89 bits per heavy atom. The van der Waals surface area contributed by atoms with Gasteiger partial charge in [-0.25, -0.2) is 0 Å². The lowest BCUT2D eigenvalue weighted by atomic mass is 10.2. The van der Waals surface area contributed by atoms with E-state index in [0.29, 0.717) is 0 Å². The number of nitrogens with one attached hydrogen (secondary N) is 1. The number of hydrogen-bond acceptors (Lipinski definition) is 3. The first kappa shape index (κ1) is 13.6. The maximum absolute atomic E-state index is 11.9. The SMILES string of the molecule is CCCCNC(=O)c1ccc(-c2cccc(N)c2)s1. The lowest BCUT2D eigenvalue weighted by Gasteiger charge is -2.01. The number of carbonyl (C=O) groups excluding carboxylic acids is 1. The second-order valence-electron chi connectivity index (χ2n) is 4.40. The molecule has 1 amide bonds. The van der Waals surface area contributed by atoms with E-state index in [9.17, 15) is 4.79 Å². The van der Waals surface area contributed by atoms with Crippen LogP contribution >= 0.6 is 11.3 Å². The van der Waals surface area contributed by atoms with Crippen LogP contribution in [-0.4, -0.2) is 12.5 Å². The number of unbranched alkanes of at least 4 members (excludes halogenated alkanes) is 1. The van der Waals surface area contributed by atoms with Crippen LogP contribution in [0.3, 0.4) is 0 Å². The van der Waals surface area contributed by atoms with E-state index in [4.69, 9.17) is 5.73 Å². The average Bonchev–Trinajstić information content (AvgIpc) is 2.88. The summed E-state index contributed by atoms with van der Waals surface area (Å²) in [4.78, 5) is 13.7. The minimum absolute atomic E-state index is 0.00797. The van der Waals surface area contributed by atoms with Crippen LogP contribution in [0.15, 0.2) is 36.4 Å². The number of thiophene rings is 1. The van der Waals surface area contributed by atoms with Crippen molar-refractivity contribution in [2.24, 2.45) is 0 Å². The van der Waals surface area contributed by atoms with Crippen molar-refractivity contribution in [1.29, 1.82) is 0 Å². The van der Waals surface area contributed by atoms with Crippen molar-refractivity contribution in [3.63, 3.8) is 0 Å². The second kappa shape index (κ2) is 6.38. The fraction of sp³-hybridized carbons (Fsp3) is 0.267. The van der Waals surface area contributed by atoms with Crippen LogP contribution in [0, 0.1) is 0 Å². The average molecular weight is 274 g/mol. The van der Waals surface area contributed by atoms with Crippen molar-refractivity contribution in [3.05, 3.63) is 41.3 Å². The Labute approximate surface area is 117 Å². The Morgan fingerprint density at radius 1 is 1.32 bits per heavy atom. The maximum Gasteiger partial charge on any atom is 0.261 e. The van der Waals surface area contributed by atoms with Crippen LogP contribution in [0.4, 0.5) is 5.69 Å². The molecule has 0 fully saturated rings. The molecule has 2 rings (SSSR count). The third kappa shape index (κ3) is 3.58. The number of benzene rings is 1. The molecule has 3 N–H and O–H groups in total. The number of nitrogen functional groups attached to an aromatic ring is 1. The van der Waals surface area contributed by atoms with Gasteiger partial charge < -0.3 is 11.1 Å². The Bertz CT molecular complexity index is 563. The number of rotatable bonds is 5. The summed E-state index contributed by atoms with van der Waals surface area (Å²) >= 11 is 1.49. The summed E-state index contributed by atoms with van der Waals surface area (Å²) in [7, 11) is 0. The zero-order valence-corrected chi connectivity index (χ0v) is 11.8. The highest BCUT2D eigenvalue weighted by atomic mass is 32.1. The topological polar surface area (TPSA) is 55.1 Å². The summed E-state index contributed by atoms with van der Waals surface area (Å²) < 4.78 is 0. The monoisotopic (exact) mass is 274 g/mol. The molecule has 0 aliphatic carbocycles. The zero-order chi connectivity index (χ0) is 13.7. The minimum atomic E-state index is 0.00797. The fourth-order valence-electron chi connectivity index (χ4n) is 1.77. The highest BCUT2D eigenvalue weighted by Gasteiger charge is 2.09. The molecule has 0 aliphatic heterocycles. The summed E-state index contributed by atoms with van der Waals surface area (Å²) in [6.45, 7) is 2.84. The molecule has 1 aromatic heterocycles. The van der Waals surface area contributed by atoms with E-state index in [-0.39, 0.29) is 5.91 Å². The summed E-state index contributed by atoms with van der Waals surface area (Å²) in [6, 6.07) is 11.5. The van der Waals surface area contributed by atoms with Gasteiger partial charge >= 0.3 is 0 Å². The van der Waals surface area contributed by atoms with E-state index in [1.807, 2.05) is 36.4 Å². The molecule has 2 aromatic rings. The number of anilines is 1. The van der Waals surface area contributed by atoms with Crippen LogP contribution in [0.1, 0.15) is 29.4 Å². The highest BCUT2D eigenvalue weighted by Crippen LogP contribution is 2.29. The zero-order valence-electron chi connectivity index (χ0n) is 11.0. The fourth-order valence-corrected chi connectivity index (χ4v) is 2.69. The van der Waals surface area contributed by atoms with Crippen LogP contribution < -0.4 is 11.1 Å². The molecule has 0 saturated heterocycles. The van der Waals surface area contributed by atoms with Gasteiger partial charge in [0.1, 0.15) is 0 Å². The molecule has 4 heteroatoms. The Morgan fingerprint density at radius 2 is 2.16 bits per heavy atom. The van der Waals surface area contributed by atoms with Crippen molar-refractivity contribution in [2.75, 3.05) is 12.3 Å². The van der Waals surface area contributed by atoms with Crippen molar-refractivity contribution < 1.29 is 4.79 Å². The summed E-state index contributed by atoms with van der Waals surface area (Å²) in [5.41, 5.74) is 7.56. The van der Waals surface area contributed by atoms with E-state index in [2.05, 4.69) is 12.2 Å². The van der Waals surface area contributed by atoms with Crippen LogP contribution in [0.2, 0.25) is 0 Å². The van der Waals surface area contributed by atoms with Gasteiger partial charge in [-0.05, 0) is 36.2 Å². The Kier molecular flexibility index (Phi) is 4.58. The molecule has 3 nitrogen and oxygen atoms in total. The van der Waals surface area contributed by atoms with E-state index < -0.39 is 0 Å². The van der Waals surface area contributed by atoms with E-state index >= 15 is 0 Å². The van der Waals surface area contributed by atoms with E-state index in [0.717, 1.165) is 40.4 Å². The van der Waals surface area contributed by atoms with Gasteiger partial charge in [-0.2, -0.15) is 0 Å². The quantitative estimate of drug-likeness (QED) is 0.647. The molecule has 1 heterocycles. The first-order chi connectivity index (χ1) is 9.20. The van der Waals surface area contributed by atoms with Gasteiger partial charge in [-0.15, -0.1) is 11.3 Å². The molecule has 100 valence electrons. The van der Waals surface area contributed by atoms with Crippen LogP contribution in [0.5, 0.6) is 0 Å². The number of nitrogens with two attached hydrogens (primary N) is 1. The summed E-state index contributed by atoms with van der Waals surface area (Å²) in [5.74, 6) is 0.00797. The molecule has 0 bridgehead atoms. The van der Waals surface area contributed by atoms with Gasteiger partial charge in [0, 0.05) is 17.1 Å². The van der Waals surface area contributed by atoms with E-state index in [1.165, 1.54) is 11.3 Å². The van der Waals surface area contributed by atoms with Crippen molar-refractivity contribution in [2.45, 2.75) is 19.8 Å². The molecular weight excluding hydrogens is 256 g/mol. The maximum atomic E-state index is 11.9. The summed E-state index contributed by atoms with van der Waals surface area (Å²) in [5, 5.41) is 2.92. The van der Waals surface area contributed by atoms with Gasteiger partial charge in [0.05, 0.1) is 4.88 Å². The smallest absolute Gasteiger partial charge is 0.261 e. The molecule has 19 heavy (non-hydrogen) atoms. The van der Waals surface area contributed by atoms with Crippen molar-refractivity contribution >= 4 is 22.9 Å². The second-order valence-corrected chi connectivity index (χ2v) is 5.48. The van der Waals surface area contributed by atoms with Crippen LogP contribution in [-0.2, 0) is 0 Å². The van der Waals surface area contributed by atoms with E-state index in [1.54, 1.807) is 0 Å². The molecular formula is C15H18N2OS. The first-order valence-corrected chi connectivity index (χ1v) is 7.26. The third-order valence-electron chi connectivity index (χ3n) is 2.82. The molecule has 0 aliphatic rings. The molecule has 0 spiro atoms. The highest BCUT2D eigenvalue weighted by molar-refractivity contribution is 7.17. The number of carbonyl (C=O) groups is 1. The largest absolute Gasteiger partial charge is 0.399 e. The lowest BCUT2D eigenvalue weighted by Crippen LogP contribution is -2.23. The molecule has 0 saturated carbocycles. The molecule has 1 aromatic carbocycles. The van der Waals surface area contributed by atoms with Crippen molar-refractivity contribution in [1.82, 2.24) is 5.32 Å². The summed E-state index contributed by atoms with van der Waals surface area (Å²) in [6.07, 6.45) is 2.10. The lowest BCUT2D eigenvalue weighted by molar-refractivity contribution is 0.0957. The Balaban J connectivity index is 2.08. The van der Waals surface area contributed by atoms with Gasteiger partial charge in [0.15, 0.2) is 0 Å². The van der Waals surface area contributed by atoms with Gasteiger partial charge in [-0.1, -0.05) is 25.5 Å². The Hall–Kier alpha value is -1.81. The molecule has 0 radical (unpaired) electrons. The standard InChI is InChI=1S/C15H18N2OS/c1-2-3-9-17-15(18)14-8-7-13(19-14)11-5-4-6-12(16)10-11/h4-8,10H,2-3,9,16H2,1H3,(H,17,18).